The van der Waals surface area contributed by atoms with Crippen molar-refractivity contribution in [2.24, 2.45) is 13.0 Å². The highest BCUT2D eigenvalue weighted by Gasteiger charge is 2.29. The molecule has 0 bridgehead atoms. The Morgan fingerprint density at radius 3 is 2.79 bits per heavy atom. The lowest BCUT2D eigenvalue weighted by Crippen LogP contribution is -2.44. The molecule has 2 N–H and O–H groups in total. The minimum Gasteiger partial charge on any atom is -0.381 e. The van der Waals surface area contributed by atoms with Crippen molar-refractivity contribution in [1.29, 1.82) is 0 Å². The molecule has 0 saturated heterocycles. The van der Waals surface area contributed by atoms with Gasteiger partial charge in [0.2, 0.25) is 10.0 Å². The van der Waals surface area contributed by atoms with Gasteiger partial charge in [-0.2, -0.15) is 0 Å². The van der Waals surface area contributed by atoms with Crippen LogP contribution in [0.25, 0.3) is 11.3 Å². The van der Waals surface area contributed by atoms with E-state index in [1.807, 2.05) is 4.83 Å². The Labute approximate surface area is 173 Å². The number of rotatable bonds is 7. The first-order valence-electron chi connectivity index (χ1n) is 8.98. The summed E-state index contributed by atoms with van der Waals surface area (Å²) in [5.41, 5.74) is 2.60. The van der Waals surface area contributed by atoms with E-state index in [9.17, 15) is 17.6 Å². The summed E-state index contributed by atoms with van der Waals surface area (Å²) in [5.74, 6) is -2.11. The summed E-state index contributed by atoms with van der Waals surface area (Å²) in [6.07, 6.45) is 5.45. The molecule has 2 atom stereocenters. The van der Waals surface area contributed by atoms with Crippen LogP contribution in [-0.2, 0) is 21.8 Å². The van der Waals surface area contributed by atoms with Gasteiger partial charge in [0.1, 0.15) is 0 Å². The van der Waals surface area contributed by atoms with Crippen molar-refractivity contribution in [2.45, 2.75) is 25.4 Å². The van der Waals surface area contributed by atoms with Crippen LogP contribution in [0.3, 0.4) is 0 Å². The first-order valence-corrected chi connectivity index (χ1v) is 11.0. The lowest BCUT2D eigenvalue weighted by atomic mass is 10.1. The normalized spacial score (nSPS) is 19.4. The van der Waals surface area contributed by atoms with Crippen LogP contribution in [0.1, 0.15) is 29.6 Å². The van der Waals surface area contributed by atoms with Crippen LogP contribution in [0.4, 0.5) is 4.39 Å². The number of methoxy groups -OCH3 is 1. The van der Waals surface area contributed by atoms with Gasteiger partial charge in [-0.05, 0) is 37.3 Å². The van der Waals surface area contributed by atoms with Crippen LogP contribution < -0.4 is 10.3 Å². The van der Waals surface area contributed by atoms with E-state index in [1.165, 1.54) is 12.1 Å². The molecule has 1 aliphatic rings. The van der Waals surface area contributed by atoms with E-state index in [0.717, 1.165) is 12.8 Å². The number of ether oxygens (including phenoxy) is 1. The van der Waals surface area contributed by atoms with E-state index in [2.05, 4.69) is 10.4 Å². The predicted molar refractivity (Wildman–Crippen MR) is 106 cm³/mol. The Kier molecular flexibility index (Phi) is 6.57. The number of imidazole rings is 1. The summed E-state index contributed by atoms with van der Waals surface area (Å²) in [5, 5.41) is -0.266. The number of carbonyl (C=O) groups excluding carboxylic acids is 1. The Balaban J connectivity index is 1.69. The molecule has 0 aliphatic heterocycles. The average Bonchev–Trinajstić information content (AvgIpc) is 3.30. The van der Waals surface area contributed by atoms with E-state index in [4.69, 9.17) is 16.3 Å². The lowest BCUT2D eigenvalue weighted by Gasteiger charge is -2.13. The van der Waals surface area contributed by atoms with Gasteiger partial charge in [-0.25, -0.2) is 17.8 Å². The maximum absolute atomic E-state index is 14.4. The Bertz CT molecular complexity index is 1010. The SMILES string of the molecule is COC1CCC(CS(=O)(=O)NNC(=O)c2cc(-c3cn(C)cn3)cc(Cl)c2F)C1. The molecule has 8 nitrogen and oxygen atoms in total. The van der Waals surface area contributed by atoms with Crippen LogP contribution in [0.5, 0.6) is 0 Å². The number of amides is 1. The number of hydrazine groups is 1. The average molecular weight is 445 g/mol. The number of halogens is 2. The number of sulfonamides is 1. The predicted octanol–water partition coefficient (Wildman–Crippen LogP) is 2.26. The minimum atomic E-state index is -3.79. The van der Waals surface area contributed by atoms with E-state index < -0.39 is 21.7 Å². The second-order valence-corrected chi connectivity index (χ2v) is 9.29. The van der Waals surface area contributed by atoms with Crippen molar-refractivity contribution >= 4 is 27.5 Å². The standard InChI is InChI=1S/C18H22ClFN4O4S/c1-24-8-16(21-10-24)12-6-14(17(20)15(19)7-12)18(25)22-23-29(26,27)9-11-3-4-13(5-11)28-2/h6-8,10-11,13,23H,3-5,9H2,1-2H3,(H,22,25). The molecule has 1 saturated carbocycles. The number of aryl methyl sites for hydroxylation is 1. The molecule has 158 valence electrons. The molecule has 0 radical (unpaired) electrons. The molecule has 29 heavy (non-hydrogen) atoms. The van der Waals surface area contributed by atoms with Crippen LogP contribution in [0.2, 0.25) is 5.02 Å². The quantitative estimate of drug-likeness (QED) is 0.638. The van der Waals surface area contributed by atoms with E-state index in [-0.39, 0.29) is 28.4 Å². The number of carbonyl (C=O) groups is 1. The van der Waals surface area contributed by atoms with Gasteiger partial charge < -0.3 is 9.30 Å². The van der Waals surface area contributed by atoms with Crippen LogP contribution in [-0.4, -0.2) is 42.8 Å². The largest absolute Gasteiger partial charge is 0.381 e. The molecule has 1 aromatic carbocycles. The fourth-order valence-corrected chi connectivity index (χ4v) is 4.88. The molecule has 3 rings (SSSR count). The molecule has 1 fully saturated rings. The fraction of sp³-hybridized carbons (Fsp3) is 0.444. The van der Waals surface area contributed by atoms with Crippen LogP contribution in [0.15, 0.2) is 24.7 Å². The van der Waals surface area contributed by atoms with E-state index >= 15 is 0 Å². The van der Waals surface area contributed by atoms with Crippen LogP contribution >= 0.6 is 11.6 Å². The van der Waals surface area contributed by atoms with Gasteiger partial charge in [-0.15, -0.1) is 4.83 Å². The molecule has 1 aliphatic carbocycles. The summed E-state index contributed by atoms with van der Waals surface area (Å²) in [6.45, 7) is 0. The zero-order valence-electron chi connectivity index (χ0n) is 16.0. The third-order valence-corrected chi connectivity index (χ3v) is 6.47. The number of hydrogen-bond acceptors (Lipinski definition) is 5. The fourth-order valence-electron chi connectivity index (χ4n) is 3.40. The summed E-state index contributed by atoms with van der Waals surface area (Å²) < 4.78 is 45.8. The second kappa shape index (κ2) is 8.78. The summed E-state index contributed by atoms with van der Waals surface area (Å²) in [7, 11) is -0.427. The van der Waals surface area contributed by atoms with Crippen molar-refractivity contribution in [2.75, 3.05) is 12.9 Å². The van der Waals surface area contributed by atoms with Crippen molar-refractivity contribution in [3.8, 4) is 11.3 Å². The maximum Gasteiger partial charge on any atom is 0.269 e. The number of nitrogens with one attached hydrogen (secondary N) is 2. The monoisotopic (exact) mass is 444 g/mol. The highest BCUT2D eigenvalue weighted by Crippen LogP contribution is 2.29. The van der Waals surface area contributed by atoms with Crippen LogP contribution in [0, 0.1) is 11.7 Å². The van der Waals surface area contributed by atoms with Crippen molar-refractivity contribution in [3.05, 3.63) is 41.1 Å². The summed E-state index contributed by atoms with van der Waals surface area (Å²) in [6, 6.07) is 2.62. The van der Waals surface area contributed by atoms with Gasteiger partial charge in [0.05, 0.1) is 34.5 Å². The van der Waals surface area contributed by atoms with Gasteiger partial charge in [0.15, 0.2) is 5.82 Å². The van der Waals surface area contributed by atoms with Crippen molar-refractivity contribution in [3.63, 3.8) is 0 Å². The molecule has 2 aromatic rings. The summed E-state index contributed by atoms with van der Waals surface area (Å²) >= 11 is 5.91. The van der Waals surface area contributed by atoms with Gasteiger partial charge >= 0.3 is 0 Å². The van der Waals surface area contributed by atoms with Gasteiger partial charge in [0, 0.05) is 25.9 Å². The topological polar surface area (TPSA) is 102 Å². The third-order valence-electron chi connectivity index (χ3n) is 4.88. The van der Waals surface area contributed by atoms with Gasteiger partial charge in [-0.1, -0.05) is 11.6 Å². The Morgan fingerprint density at radius 1 is 1.41 bits per heavy atom. The highest BCUT2D eigenvalue weighted by atomic mass is 35.5. The van der Waals surface area contributed by atoms with Gasteiger partial charge in [-0.3, -0.25) is 10.2 Å². The molecular formula is C18H22ClFN4O4S. The van der Waals surface area contributed by atoms with E-state index in [0.29, 0.717) is 17.7 Å². The maximum atomic E-state index is 14.4. The molecular weight excluding hydrogens is 423 g/mol. The number of nitrogens with zero attached hydrogens (tertiary/aromatic N) is 2. The zero-order valence-corrected chi connectivity index (χ0v) is 17.6. The lowest BCUT2D eigenvalue weighted by molar-refractivity contribution is 0.0940. The molecule has 2 unspecified atom stereocenters. The van der Waals surface area contributed by atoms with E-state index in [1.54, 1.807) is 31.2 Å². The Morgan fingerprint density at radius 2 is 2.17 bits per heavy atom. The molecule has 1 heterocycles. The molecule has 0 spiro atoms. The first kappa shape index (κ1) is 21.7. The second-order valence-electron chi connectivity index (χ2n) is 7.12. The smallest absolute Gasteiger partial charge is 0.269 e. The first-order chi connectivity index (χ1) is 13.7. The number of benzene rings is 1. The number of hydrogen-bond donors (Lipinski definition) is 2. The zero-order chi connectivity index (χ0) is 21.2. The molecule has 11 heteroatoms. The number of aromatic nitrogens is 2. The minimum absolute atomic E-state index is 0.0513. The van der Waals surface area contributed by atoms with Gasteiger partial charge in [0.25, 0.3) is 5.91 Å². The molecule has 1 aromatic heterocycles. The molecule has 1 amide bonds. The van der Waals surface area contributed by atoms with Crippen molar-refractivity contribution < 1.29 is 22.3 Å². The summed E-state index contributed by atoms with van der Waals surface area (Å²) in [4.78, 5) is 18.6. The Hall–Kier alpha value is -2.01. The van der Waals surface area contributed by atoms with Crippen molar-refractivity contribution in [1.82, 2.24) is 19.8 Å². The highest BCUT2D eigenvalue weighted by molar-refractivity contribution is 7.89. The third kappa shape index (κ3) is 5.33.